The van der Waals surface area contributed by atoms with E-state index in [2.05, 4.69) is 15.3 Å². The fraction of sp³-hybridized carbons (Fsp3) is 0.357. The van der Waals surface area contributed by atoms with Crippen LogP contribution < -0.4 is 15.0 Å². The van der Waals surface area contributed by atoms with Crippen molar-refractivity contribution in [3.8, 4) is 5.88 Å². The molecule has 0 aromatic carbocycles. The first-order chi connectivity index (χ1) is 10.5. The maximum absolute atomic E-state index is 12.5. The Kier molecular flexibility index (Phi) is 4.87. The van der Waals surface area contributed by atoms with Gasteiger partial charge in [0.2, 0.25) is 5.88 Å². The summed E-state index contributed by atoms with van der Waals surface area (Å²) in [6, 6.07) is 1.62. The van der Waals surface area contributed by atoms with Crippen molar-refractivity contribution in [3.05, 3.63) is 29.3 Å². The number of carbonyl (C=O) groups excluding carboxylic acids is 1. The second kappa shape index (κ2) is 6.65. The van der Waals surface area contributed by atoms with Crippen LogP contribution in [0.25, 0.3) is 0 Å². The zero-order valence-electron chi connectivity index (χ0n) is 12.9. The van der Waals surface area contributed by atoms with Gasteiger partial charge in [0, 0.05) is 26.8 Å². The Labute approximate surface area is 133 Å². The molecule has 0 aliphatic rings. The molecule has 0 unspecified atom stereocenters. The molecule has 0 aliphatic carbocycles. The molecule has 2 rings (SSSR count). The topological polar surface area (TPSA) is 72.3 Å². The van der Waals surface area contributed by atoms with Crippen LogP contribution in [0.2, 0.25) is 5.02 Å². The highest BCUT2D eigenvalue weighted by Crippen LogP contribution is 2.30. The second-order valence-corrected chi connectivity index (χ2v) is 5.20. The van der Waals surface area contributed by atoms with E-state index >= 15 is 0 Å². The lowest BCUT2D eigenvalue weighted by molar-refractivity contribution is 0.101. The summed E-state index contributed by atoms with van der Waals surface area (Å²) in [7, 11) is 5.13. The molecule has 2 heterocycles. The summed E-state index contributed by atoms with van der Waals surface area (Å²) in [6.07, 6.45) is 3.09. The zero-order valence-corrected chi connectivity index (χ0v) is 13.7. The van der Waals surface area contributed by atoms with Crippen molar-refractivity contribution in [3.63, 3.8) is 0 Å². The normalized spacial score (nSPS) is 10.4. The molecule has 0 bridgehead atoms. The minimum absolute atomic E-state index is 0.299. The molecule has 1 N–H and O–H groups in total. The SMILES string of the molecule is CCn1cc(Cl)cc1C(=O)Nc1c(OC)ncnc1N(C)C. The predicted molar refractivity (Wildman–Crippen MR) is 86.0 cm³/mol. The first kappa shape index (κ1) is 16.1. The summed E-state index contributed by atoms with van der Waals surface area (Å²) in [4.78, 5) is 22.5. The Balaban J connectivity index is 2.39. The van der Waals surface area contributed by atoms with Gasteiger partial charge in [-0.25, -0.2) is 4.98 Å². The number of amides is 1. The highest BCUT2D eigenvalue weighted by molar-refractivity contribution is 6.31. The first-order valence-corrected chi connectivity index (χ1v) is 7.09. The maximum atomic E-state index is 12.5. The molecule has 118 valence electrons. The molecule has 22 heavy (non-hydrogen) atoms. The highest BCUT2D eigenvalue weighted by Gasteiger charge is 2.19. The smallest absolute Gasteiger partial charge is 0.272 e. The molecule has 0 fully saturated rings. The molecular formula is C14H18ClN5O2. The maximum Gasteiger partial charge on any atom is 0.272 e. The first-order valence-electron chi connectivity index (χ1n) is 6.71. The largest absolute Gasteiger partial charge is 0.479 e. The van der Waals surface area contributed by atoms with Crippen molar-refractivity contribution >= 4 is 29.0 Å². The van der Waals surface area contributed by atoms with E-state index in [9.17, 15) is 4.79 Å². The quantitative estimate of drug-likeness (QED) is 0.914. The Bertz CT molecular complexity index is 684. The third-order valence-corrected chi connectivity index (χ3v) is 3.29. The molecule has 2 aromatic rings. The van der Waals surface area contributed by atoms with E-state index < -0.39 is 0 Å². The Hall–Kier alpha value is -2.28. The Morgan fingerprint density at radius 1 is 1.45 bits per heavy atom. The van der Waals surface area contributed by atoms with E-state index in [0.29, 0.717) is 34.6 Å². The van der Waals surface area contributed by atoms with Crippen LogP contribution in [-0.2, 0) is 6.54 Å². The molecule has 1 amide bonds. The van der Waals surface area contributed by atoms with E-state index in [4.69, 9.17) is 16.3 Å². The van der Waals surface area contributed by atoms with Gasteiger partial charge in [0.15, 0.2) is 5.82 Å². The third kappa shape index (κ3) is 3.14. The van der Waals surface area contributed by atoms with Crippen LogP contribution >= 0.6 is 11.6 Å². The fourth-order valence-corrected chi connectivity index (χ4v) is 2.29. The Morgan fingerprint density at radius 3 is 2.77 bits per heavy atom. The number of nitrogens with one attached hydrogen (secondary N) is 1. The number of aromatic nitrogens is 3. The van der Waals surface area contributed by atoms with E-state index in [0.717, 1.165) is 0 Å². The number of nitrogens with zero attached hydrogens (tertiary/aromatic N) is 4. The molecule has 0 atom stereocenters. The van der Waals surface area contributed by atoms with E-state index in [1.54, 1.807) is 21.7 Å². The van der Waals surface area contributed by atoms with Gasteiger partial charge in [0.05, 0.1) is 12.1 Å². The van der Waals surface area contributed by atoms with Gasteiger partial charge in [-0.2, -0.15) is 4.98 Å². The molecule has 0 saturated heterocycles. The molecule has 0 saturated carbocycles. The third-order valence-electron chi connectivity index (χ3n) is 3.08. The summed E-state index contributed by atoms with van der Waals surface area (Å²) < 4.78 is 6.98. The van der Waals surface area contributed by atoms with Crippen molar-refractivity contribution < 1.29 is 9.53 Å². The van der Waals surface area contributed by atoms with Crippen LogP contribution in [0.4, 0.5) is 11.5 Å². The number of aryl methyl sites for hydroxylation is 1. The lowest BCUT2D eigenvalue weighted by Crippen LogP contribution is -2.21. The van der Waals surface area contributed by atoms with Crippen LogP contribution in [-0.4, -0.2) is 41.6 Å². The van der Waals surface area contributed by atoms with Crippen molar-refractivity contribution in [2.24, 2.45) is 0 Å². The molecule has 7 nitrogen and oxygen atoms in total. The Morgan fingerprint density at radius 2 is 2.18 bits per heavy atom. The van der Waals surface area contributed by atoms with Gasteiger partial charge in [0.1, 0.15) is 17.7 Å². The number of rotatable bonds is 5. The van der Waals surface area contributed by atoms with Crippen molar-refractivity contribution in [1.82, 2.24) is 14.5 Å². The molecule has 0 aliphatic heterocycles. The van der Waals surface area contributed by atoms with E-state index in [1.807, 2.05) is 21.0 Å². The van der Waals surface area contributed by atoms with Gasteiger partial charge in [-0.05, 0) is 13.0 Å². The monoisotopic (exact) mass is 323 g/mol. The minimum Gasteiger partial charge on any atom is -0.479 e. The van der Waals surface area contributed by atoms with Crippen molar-refractivity contribution in [1.29, 1.82) is 0 Å². The van der Waals surface area contributed by atoms with Crippen LogP contribution in [0.1, 0.15) is 17.4 Å². The second-order valence-electron chi connectivity index (χ2n) is 4.76. The highest BCUT2D eigenvalue weighted by atomic mass is 35.5. The van der Waals surface area contributed by atoms with E-state index in [1.165, 1.54) is 13.4 Å². The molecule has 0 spiro atoms. The van der Waals surface area contributed by atoms with Crippen molar-refractivity contribution in [2.45, 2.75) is 13.5 Å². The summed E-state index contributed by atoms with van der Waals surface area (Å²) in [5, 5.41) is 3.32. The zero-order chi connectivity index (χ0) is 16.3. The van der Waals surface area contributed by atoms with Crippen molar-refractivity contribution in [2.75, 3.05) is 31.4 Å². The number of halogens is 1. The number of hydrogen-bond acceptors (Lipinski definition) is 5. The van der Waals surface area contributed by atoms with Crippen LogP contribution in [0.3, 0.4) is 0 Å². The summed E-state index contributed by atoms with van der Waals surface area (Å²) >= 11 is 5.97. The van der Waals surface area contributed by atoms with Crippen LogP contribution in [0.15, 0.2) is 18.6 Å². The van der Waals surface area contributed by atoms with Crippen LogP contribution in [0.5, 0.6) is 5.88 Å². The lowest BCUT2D eigenvalue weighted by atomic mass is 10.3. The number of carbonyl (C=O) groups is 1. The lowest BCUT2D eigenvalue weighted by Gasteiger charge is -2.18. The van der Waals surface area contributed by atoms with Gasteiger partial charge in [-0.15, -0.1) is 0 Å². The van der Waals surface area contributed by atoms with Gasteiger partial charge >= 0.3 is 0 Å². The standard InChI is InChI=1S/C14H18ClN5O2/c1-5-20-7-9(15)6-10(20)13(21)18-11-12(19(2)3)16-8-17-14(11)22-4/h6-8H,5H2,1-4H3,(H,18,21). The molecule has 8 heteroatoms. The molecule has 2 aromatic heterocycles. The van der Waals surface area contributed by atoms with Gasteiger partial charge in [0.25, 0.3) is 5.91 Å². The summed E-state index contributed by atoms with van der Waals surface area (Å²) in [6.45, 7) is 2.57. The van der Waals surface area contributed by atoms with Crippen LogP contribution in [0, 0.1) is 0 Å². The molecular weight excluding hydrogens is 306 g/mol. The minimum atomic E-state index is -0.301. The van der Waals surface area contributed by atoms with E-state index in [-0.39, 0.29) is 5.91 Å². The average Bonchev–Trinajstić information content (AvgIpc) is 2.88. The predicted octanol–water partition coefficient (Wildman–Crippen LogP) is 2.28. The molecule has 0 radical (unpaired) electrons. The van der Waals surface area contributed by atoms with Gasteiger partial charge in [-0.1, -0.05) is 11.6 Å². The summed E-state index contributed by atoms with van der Waals surface area (Å²) in [5.41, 5.74) is 0.878. The number of anilines is 2. The van der Waals surface area contributed by atoms with Gasteiger partial charge in [-0.3, -0.25) is 4.79 Å². The number of ether oxygens (including phenoxy) is 1. The fourth-order valence-electron chi connectivity index (χ4n) is 2.07. The summed E-state index contributed by atoms with van der Waals surface area (Å²) in [5.74, 6) is 0.554. The number of hydrogen-bond donors (Lipinski definition) is 1. The number of methoxy groups -OCH3 is 1. The average molecular weight is 324 g/mol. The van der Waals surface area contributed by atoms with Gasteiger partial charge < -0.3 is 19.5 Å².